The predicted molar refractivity (Wildman–Crippen MR) is 106 cm³/mol. The third-order valence-corrected chi connectivity index (χ3v) is 3.97. The van der Waals surface area contributed by atoms with E-state index < -0.39 is 16.7 Å². The summed E-state index contributed by atoms with van der Waals surface area (Å²) in [5, 5.41) is 14.1. The van der Waals surface area contributed by atoms with Gasteiger partial charge in [0, 0.05) is 24.2 Å². The molecule has 0 saturated heterocycles. The Labute approximate surface area is 166 Å². The summed E-state index contributed by atoms with van der Waals surface area (Å²) in [5.41, 5.74) is 0.568. The Kier molecular flexibility index (Phi) is 7.11. The third kappa shape index (κ3) is 5.55. The van der Waals surface area contributed by atoms with Gasteiger partial charge in [-0.3, -0.25) is 19.7 Å². The number of hydrogen-bond acceptors (Lipinski definition) is 5. The Balaban J connectivity index is 2.02. The zero-order valence-corrected chi connectivity index (χ0v) is 16.0. The van der Waals surface area contributed by atoms with Crippen molar-refractivity contribution >= 4 is 40.9 Å². The second-order valence-electron chi connectivity index (χ2n) is 5.74. The van der Waals surface area contributed by atoms with E-state index in [4.69, 9.17) is 16.3 Å². The number of carbonyl (C=O) groups is 2. The first-order chi connectivity index (χ1) is 13.3. The molecule has 0 aromatic heterocycles. The van der Waals surface area contributed by atoms with Gasteiger partial charge in [-0.2, -0.15) is 0 Å². The van der Waals surface area contributed by atoms with Crippen molar-refractivity contribution in [2.75, 3.05) is 26.0 Å². The molecule has 0 unspecified atom stereocenters. The summed E-state index contributed by atoms with van der Waals surface area (Å²) in [5.74, 6) is -0.495. The van der Waals surface area contributed by atoms with Crippen LogP contribution in [0.15, 0.2) is 48.5 Å². The van der Waals surface area contributed by atoms with Crippen LogP contribution in [0.4, 0.5) is 11.4 Å². The first kappa shape index (κ1) is 20.9. The molecule has 0 fully saturated rings. The van der Waals surface area contributed by atoms with Gasteiger partial charge in [0.25, 0.3) is 5.69 Å². The van der Waals surface area contributed by atoms with E-state index in [1.807, 2.05) is 0 Å². The van der Waals surface area contributed by atoms with Gasteiger partial charge in [-0.1, -0.05) is 23.7 Å². The Hall–Kier alpha value is -3.39. The lowest BCUT2D eigenvalue weighted by molar-refractivity contribution is -0.385. The molecule has 0 aliphatic heterocycles. The molecule has 0 spiro atoms. The number of hydrogen-bond donors (Lipinski definition) is 1. The van der Waals surface area contributed by atoms with Crippen LogP contribution in [0.1, 0.15) is 5.56 Å². The number of amides is 2. The van der Waals surface area contributed by atoms with Crippen LogP contribution in [-0.4, -0.2) is 42.3 Å². The topological polar surface area (TPSA) is 102 Å². The normalized spacial score (nSPS) is 10.5. The van der Waals surface area contributed by atoms with Crippen LogP contribution in [0, 0.1) is 10.1 Å². The number of carbonyl (C=O) groups excluding carboxylic acids is 2. The lowest BCUT2D eigenvalue weighted by Crippen LogP contribution is -2.33. The zero-order chi connectivity index (χ0) is 20.7. The minimum absolute atomic E-state index is 0.111. The summed E-state index contributed by atoms with van der Waals surface area (Å²) >= 11 is 5.92. The molecule has 0 aliphatic carbocycles. The van der Waals surface area contributed by atoms with Crippen molar-refractivity contribution in [1.82, 2.24) is 4.90 Å². The number of nitrogens with one attached hydrogen (secondary N) is 1. The van der Waals surface area contributed by atoms with Crippen molar-refractivity contribution in [3.63, 3.8) is 0 Å². The predicted octanol–water partition coefficient (Wildman–Crippen LogP) is 3.37. The minimum Gasteiger partial charge on any atom is -0.495 e. The van der Waals surface area contributed by atoms with Crippen molar-refractivity contribution in [1.29, 1.82) is 0 Å². The summed E-state index contributed by atoms with van der Waals surface area (Å²) in [6, 6.07) is 10.8. The smallest absolute Gasteiger partial charge is 0.276 e. The first-order valence-corrected chi connectivity index (χ1v) is 8.49. The average molecular weight is 404 g/mol. The van der Waals surface area contributed by atoms with E-state index in [0.29, 0.717) is 22.0 Å². The number of para-hydroxylation sites is 1. The maximum Gasteiger partial charge on any atom is 0.276 e. The van der Waals surface area contributed by atoms with Gasteiger partial charge >= 0.3 is 0 Å². The van der Waals surface area contributed by atoms with E-state index in [1.165, 1.54) is 55.5 Å². The van der Waals surface area contributed by atoms with Crippen molar-refractivity contribution < 1.29 is 19.2 Å². The van der Waals surface area contributed by atoms with Gasteiger partial charge in [-0.25, -0.2) is 0 Å². The van der Waals surface area contributed by atoms with Crippen LogP contribution in [0.5, 0.6) is 5.75 Å². The summed E-state index contributed by atoms with van der Waals surface area (Å²) in [7, 11) is 2.91. The number of rotatable bonds is 7. The van der Waals surface area contributed by atoms with Crippen LogP contribution >= 0.6 is 11.6 Å². The van der Waals surface area contributed by atoms with Crippen molar-refractivity contribution in [3.8, 4) is 5.75 Å². The monoisotopic (exact) mass is 403 g/mol. The largest absolute Gasteiger partial charge is 0.495 e. The standard InChI is InChI=1S/C19H18ClN3O5/c1-22(12-18(24)21-15-11-14(20)8-9-17(15)28-2)19(25)10-7-13-5-3-4-6-16(13)23(26)27/h3-11H,12H2,1-2H3,(H,21,24). The summed E-state index contributed by atoms with van der Waals surface area (Å²) in [4.78, 5) is 36.1. The third-order valence-electron chi connectivity index (χ3n) is 3.73. The van der Waals surface area contributed by atoms with Crippen LogP contribution in [0.2, 0.25) is 5.02 Å². The van der Waals surface area contributed by atoms with Crippen LogP contribution < -0.4 is 10.1 Å². The first-order valence-electron chi connectivity index (χ1n) is 8.12. The van der Waals surface area contributed by atoms with Gasteiger partial charge in [0.15, 0.2) is 0 Å². The number of anilines is 1. The van der Waals surface area contributed by atoms with E-state index in [2.05, 4.69) is 5.32 Å². The highest BCUT2D eigenvalue weighted by Crippen LogP contribution is 2.27. The second kappa shape index (κ2) is 9.52. The Morgan fingerprint density at radius 2 is 2.00 bits per heavy atom. The van der Waals surface area contributed by atoms with E-state index in [-0.39, 0.29) is 12.2 Å². The summed E-state index contributed by atoms with van der Waals surface area (Å²) < 4.78 is 5.15. The number of ether oxygens (including phenoxy) is 1. The molecule has 0 radical (unpaired) electrons. The van der Waals surface area contributed by atoms with Gasteiger partial charge in [0.1, 0.15) is 5.75 Å². The Morgan fingerprint density at radius 3 is 2.68 bits per heavy atom. The molecule has 0 saturated carbocycles. The van der Waals surface area contributed by atoms with Crippen LogP contribution in [-0.2, 0) is 9.59 Å². The molecule has 0 atom stereocenters. The van der Waals surface area contributed by atoms with Crippen LogP contribution in [0.3, 0.4) is 0 Å². The number of likely N-dealkylation sites (N-methyl/N-ethyl adjacent to an activating group) is 1. The Morgan fingerprint density at radius 1 is 1.29 bits per heavy atom. The molecule has 0 aliphatic rings. The lowest BCUT2D eigenvalue weighted by Gasteiger charge is -2.16. The summed E-state index contributed by atoms with van der Waals surface area (Å²) in [6.45, 7) is -0.226. The number of nitro groups is 1. The van der Waals surface area contributed by atoms with Crippen LogP contribution in [0.25, 0.3) is 6.08 Å². The van der Waals surface area contributed by atoms with Gasteiger partial charge in [-0.15, -0.1) is 0 Å². The molecule has 2 aromatic carbocycles. The second-order valence-corrected chi connectivity index (χ2v) is 6.17. The van der Waals surface area contributed by atoms with Gasteiger partial charge in [0.05, 0.1) is 29.8 Å². The van der Waals surface area contributed by atoms with Gasteiger partial charge in [-0.05, 0) is 30.3 Å². The summed E-state index contributed by atoms with van der Waals surface area (Å²) in [6.07, 6.45) is 2.52. The highest BCUT2D eigenvalue weighted by Gasteiger charge is 2.14. The highest BCUT2D eigenvalue weighted by atomic mass is 35.5. The fourth-order valence-electron chi connectivity index (χ4n) is 2.34. The molecular weight excluding hydrogens is 386 g/mol. The van der Waals surface area contributed by atoms with E-state index >= 15 is 0 Å². The number of nitro benzene ring substituents is 1. The van der Waals surface area contributed by atoms with Crippen molar-refractivity contribution in [2.45, 2.75) is 0 Å². The minimum atomic E-state index is -0.528. The van der Waals surface area contributed by atoms with E-state index in [0.717, 1.165) is 0 Å². The average Bonchev–Trinajstić information content (AvgIpc) is 2.66. The maximum absolute atomic E-state index is 12.2. The highest BCUT2D eigenvalue weighted by molar-refractivity contribution is 6.31. The molecule has 2 amide bonds. The van der Waals surface area contributed by atoms with E-state index in [9.17, 15) is 19.7 Å². The molecule has 1 N–H and O–H groups in total. The molecule has 146 valence electrons. The number of halogens is 1. The molecule has 0 heterocycles. The van der Waals surface area contributed by atoms with Crippen molar-refractivity contribution in [3.05, 3.63) is 69.2 Å². The van der Waals surface area contributed by atoms with Gasteiger partial charge in [0.2, 0.25) is 11.8 Å². The fraction of sp³-hybridized carbons (Fsp3) is 0.158. The number of nitrogens with zero attached hydrogens (tertiary/aromatic N) is 2. The molecule has 0 bridgehead atoms. The fourth-order valence-corrected chi connectivity index (χ4v) is 2.52. The quantitative estimate of drug-likeness (QED) is 0.434. The molecule has 2 aromatic rings. The molecule has 8 nitrogen and oxygen atoms in total. The lowest BCUT2D eigenvalue weighted by atomic mass is 10.1. The zero-order valence-electron chi connectivity index (χ0n) is 15.2. The Bertz CT molecular complexity index is 930. The number of benzene rings is 2. The SMILES string of the molecule is COc1ccc(Cl)cc1NC(=O)CN(C)C(=O)C=Cc1ccccc1[N+](=O)[O-]. The van der Waals surface area contributed by atoms with E-state index in [1.54, 1.807) is 18.2 Å². The molecule has 2 rings (SSSR count). The van der Waals surface area contributed by atoms with Gasteiger partial charge < -0.3 is 15.0 Å². The molecular formula is C19H18ClN3O5. The van der Waals surface area contributed by atoms with Crippen molar-refractivity contribution in [2.24, 2.45) is 0 Å². The molecule has 28 heavy (non-hydrogen) atoms. The maximum atomic E-state index is 12.2. The number of methoxy groups -OCH3 is 1. The molecule has 9 heteroatoms.